The molecule has 1 saturated heterocycles. The molecular formula is C18H19BrN2O5S. The summed E-state index contributed by atoms with van der Waals surface area (Å²) in [6, 6.07) is 8.10. The van der Waals surface area contributed by atoms with Crippen LogP contribution in [0.3, 0.4) is 0 Å². The number of benzene rings is 1. The van der Waals surface area contributed by atoms with E-state index in [4.69, 9.17) is 9.47 Å². The number of likely N-dealkylation sites (tertiary alicyclic amines) is 1. The summed E-state index contributed by atoms with van der Waals surface area (Å²) in [6.45, 7) is 3.30. The molecule has 0 aliphatic carbocycles. The number of halogens is 1. The molecule has 1 unspecified atom stereocenters. The van der Waals surface area contributed by atoms with Crippen molar-refractivity contribution in [2.45, 2.75) is 24.5 Å². The molecule has 1 atom stereocenters. The van der Waals surface area contributed by atoms with E-state index < -0.39 is 15.9 Å². The molecule has 0 bridgehead atoms. The second-order valence-electron chi connectivity index (χ2n) is 6.14. The van der Waals surface area contributed by atoms with Gasteiger partial charge in [-0.15, -0.1) is 0 Å². The first-order valence-corrected chi connectivity index (χ1v) is 11.0. The van der Waals surface area contributed by atoms with Crippen molar-refractivity contribution >= 4 is 31.7 Å². The summed E-state index contributed by atoms with van der Waals surface area (Å²) in [4.78, 5) is 17.9. The van der Waals surface area contributed by atoms with Gasteiger partial charge in [0, 0.05) is 36.3 Å². The molecule has 0 spiro atoms. The van der Waals surface area contributed by atoms with Crippen LogP contribution < -0.4 is 9.47 Å². The Labute approximate surface area is 166 Å². The molecule has 0 saturated carbocycles. The monoisotopic (exact) mass is 454 g/mol. The van der Waals surface area contributed by atoms with E-state index in [1.165, 1.54) is 18.3 Å². The van der Waals surface area contributed by atoms with E-state index in [2.05, 4.69) is 20.9 Å². The highest BCUT2D eigenvalue weighted by Gasteiger charge is 2.32. The Morgan fingerprint density at radius 2 is 1.96 bits per heavy atom. The second kappa shape index (κ2) is 7.85. The Morgan fingerprint density at radius 3 is 2.56 bits per heavy atom. The third-order valence-corrected chi connectivity index (χ3v) is 5.54. The minimum atomic E-state index is -3.36. The molecule has 144 valence electrons. The molecule has 1 amide bonds. The molecule has 1 aliphatic heterocycles. The third-order valence-electron chi connectivity index (χ3n) is 4.08. The Bertz CT molecular complexity index is 947. The van der Waals surface area contributed by atoms with Gasteiger partial charge in [0.25, 0.3) is 5.91 Å². The number of amides is 1. The van der Waals surface area contributed by atoms with Crippen LogP contribution in [0.15, 0.2) is 46.0 Å². The highest BCUT2D eigenvalue weighted by molar-refractivity contribution is 9.10. The summed E-state index contributed by atoms with van der Waals surface area (Å²) < 4.78 is 35.3. The van der Waals surface area contributed by atoms with Gasteiger partial charge in [-0.1, -0.05) is 15.9 Å². The standard InChI is InChI=1S/C18H19BrN2O5S/c1-3-21-7-6-16(18(21)22)26-15-9-12(19)8-14(10-15)25-13-4-5-17(20-11-13)27(2,23)24/h4-5,8-11,16H,3,6-7H2,1-2H3. The number of nitrogens with zero attached hydrogens (tertiary/aromatic N) is 2. The van der Waals surface area contributed by atoms with Crippen LogP contribution >= 0.6 is 15.9 Å². The van der Waals surface area contributed by atoms with Crippen LogP contribution in [0.2, 0.25) is 0 Å². The number of hydrogen-bond donors (Lipinski definition) is 0. The summed E-state index contributed by atoms with van der Waals surface area (Å²) in [5.74, 6) is 1.36. The van der Waals surface area contributed by atoms with Gasteiger partial charge >= 0.3 is 0 Å². The number of carbonyl (C=O) groups excluding carboxylic acids is 1. The number of carbonyl (C=O) groups is 1. The first kappa shape index (κ1) is 19.6. The van der Waals surface area contributed by atoms with E-state index in [-0.39, 0.29) is 10.9 Å². The minimum absolute atomic E-state index is 0.0134. The van der Waals surface area contributed by atoms with Crippen LogP contribution in [0.25, 0.3) is 0 Å². The van der Waals surface area contributed by atoms with Crippen LogP contribution in [-0.4, -0.2) is 49.7 Å². The number of hydrogen-bond acceptors (Lipinski definition) is 6. The maximum absolute atomic E-state index is 12.2. The number of ether oxygens (including phenoxy) is 2. The molecule has 1 aliphatic rings. The number of aromatic nitrogens is 1. The van der Waals surface area contributed by atoms with Gasteiger partial charge in [0.15, 0.2) is 21.0 Å². The summed E-state index contributed by atoms with van der Waals surface area (Å²) in [5.41, 5.74) is 0. The molecule has 9 heteroatoms. The number of pyridine rings is 1. The molecule has 1 aromatic carbocycles. The molecule has 2 heterocycles. The number of rotatable bonds is 6. The zero-order chi connectivity index (χ0) is 19.6. The van der Waals surface area contributed by atoms with Crippen molar-refractivity contribution in [3.05, 3.63) is 41.0 Å². The van der Waals surface area contributed by atoms with E-state index in [1.54, 1.807) is 23.1 Å². The topological polar surface area (TPSA) is 85.8 Å². The van der Waals surface area contributed by atoms with E-state index in [1.807, 2.05) is 6.92 Å². The van der Waals surface area contributed by atoms with E-state index >= 15 is 0 Å². The molecule has 0 N–H and O–H groups in total. The van der Waals surface area contributed by atoms with Crippen molar-refractivity contribution in [1.29, 1.82) is 0 Å². The molecule has 2 aromatic rings. The minimum Gasteiger partial charge on any atom is -0.480 e. The average molecular weight is 455 g/mol. The molecule has 0 radical (unpaired) electrons. The first-order chi connectivity index (χ1) is 12.8. The van der Waals surface area contributed by atoms with Crippen LogP contribution in [0.4, 0.5) is 0 Å². The van der Waals surface area contributed by atoms with Gasteiger partial charge in [0.1, 0.15) is 17.2 Å². The number of sulfone groups is 1. The second-order valence-corrected chi connectivity index (χ2v) is 9.02. The lowest BCUT2D eigenvalue weighted by Crippen LogP contribution is -2.32. The number of likely N-dealkylation sites (N-methyl/N-ethyl adjacent to an activating group) is 1. The summed E-state index contributed by atoms with van der Waals surface area (Å²) in [7, 11) is -3.36. The smallest absolute Gasteiger partial charge is 0.263 e. The maximum atomic E-state index is 12.2. The van der Waals surface area contributed by atoms with E-state index in [0.717, 1.165) is 10.7 Å². The van der Waals surface area contributed by atoms with Crippen LogP contribution in [0.1, 0.15) is 13.3 Å². The maximum Gasteiger partial charge on any atom is 0.263 e. The zero-order valence-electron chi connectivity index (χ0n) is 14.9. The fourth-order valence-corrected chi connectivity index (χ4v) is 3.76. The largest absolute Gasteiger partial charge is 0.480 e. The summed E-state index contributed by atoms with van der Waals surface area (Å²) >= 11 is 3.40. The van der Waals surface area contributed by atoms with Gasteiger partial charge in [0.05, 0.1) is 6.20 Å². The fraction of sp³-hybridized carbons (Fsp3) is 0.333. The Morgan fingerprint density at radius 1 is 1.22 bits per heavy atom. The molecule has 27 heavy (non-hydrogen) atoms. The Kier molecular flexibility index (Phi) is 5.71. The quantitative estimate of drug-likeness (QED) is 0.666. The molecular weight excluding hydrogens is 436 g/mol. The van der Waals surface area contributed by atoms with Crippen molar-refractivity contribution < 1.29 is 22.7 Å². The first-order valence-electron chi connectivity index (χ1n) is 8.36. The van der Waals surface area contributed by atoms with Crippen LogP contribution in [0.5, 0.6) is 17.2 Å². The van der Waals surface area contributed by atoms with Crippen molar-refractivity contribution in [2.75, 3.05) is 19.3 Å². The highest BCUT2D eigenvalue weighted by Crippen LogP contribution is 2.31. The highest BCUT2D eigenvalue weighted by atomic mass is 79.9. The predicted octanol–water partition coefficient (Wildman–Crippen LogP) is 3.04. The average Bonchev–Trinajstić information content (AvgIpc) is 2.94. The molecule has 7 nitrogen and oxygen atoms in total. The third kappa shape index (κ3) is 4.78. The predicted molar refractivity (Wildman–Crippen MR) is 103 cm³/mol. The lowest BCUT2D eigenvalue weighted by molar-refractivity contribution is -0.133. The van der Waals surface area contributed by atoms with Gasteiger partial charge < -0.3 is 14.4 Å². The van der Waals surface area contributed by atoms with Crippen molar-refractivity contribution in [3.63, 3.8) is 0 Å². The summed E-state index contributed by atoms with van der Waals surface area (Å²) in [6.07, 6.45) is 2.59. The van der Waals surface area contributed by atoms with Gasteiger partial charge in [0.2, 0.25) is 0 Å². The van der Waals surface area contributed by atoms with Gasteiger partial charge in [-0.3, -0.25) is 4.79 Å². The fourth-order valence-electron chi connectivity index (χ4n) is 2.74. The summed E-state index contributed by atoms with van der Waals surface area (Å²) in [5, 5.41) is -0.0201. The van der Waals surface area contributed by atoms with E-state index in [9.17, 15) is 13.2 Å². The molecule has 3 rings (SSSR count). The Hall–Kier alpha value is -2.13. The van der Waals surface area contributed by atoms with Gasteiger partial charge in [-0.05, 0) is 31.2 Å². The van der Waals surface area contributed by atoms with Gasteiger partial charge in [-0.2, -0.15) is 0 Å². The zero-order valence-corrected chi connectivity index (χ0v) is 17.3. The Balaban J connectivity index is 1.75. The van der Waals surface area contributed by atoms with Crippen molar-refractivity contribution in [3.8, 4) is 17.2 Å². The normalized spacial score (nSPS) is 17.2. The van der Waals surface area contributed by atoms with Crippen molar-refractivity contribution in [2.24, 2.45) is 0 Å². The van der Waals surface area contributed by atoms with Crippen molar-refractivity contribution in [1.82, 2.24) is 9.88 Å². The SMILES string of the molecule is CCN1CCC(Oc2cc(Br)cc(Oc3ccc(S(C)(=O)=O)nc3)c2)C1=O. The van der Waals surface area contributed by atoms with Crippen LogP contribution in [0, 0.1) is 0 Å². The molecule has 1 aromatic heterocycles. The van der Waals surface area contributed by atoms with Gasteiger partial charge in [-0.25, -0.2) is 13.4 Å². The lowest BCUT2D eigenvalue weighted by Gasteiger charge is -2.16. The van der Waals surface area contributed by atoms with E-state index in [0.29, 0.717) is 36.8 Å². The molecule has 1 fully saturated rings. The lowest BCUT2D eigenvalue weighted by atomic mass is 10.3. The van der Waals surface area contributed by atoms with Crippen LogP contribution in [-0.2, 0) is 14.6 Å².